The molecule has 1 fully saturated rings. The number of nitrogens with zero attached hydrogens (tertiary/aromatic N) is 1. The molecule has 1 unspecified atom stereocenters. The van der Waals surface area contributed by atoms with Crippen LogP contribution in [0.1, 0.15) is 20.3 Å². The molecule has 0 aromatic heterocycles. The Hall–Kier alpha value is -1.62. The minimum Gasteiger partial charge on any atom is -0.481 e. The van der Waals surface area contributed by atoms with Gasteiger partial charge in [0, 0.05) is 30.4 Å². The Morgan fingerprint density at radius 3 is 2.68 bits per heavy atom. The number of nitrogens with one attached hydrogen (secondary N) is 1. The number of halogens is 1. The molecule has 1 heterocycles. The predicted octanol–water partition coefficient (Wildman–Crippen LogP) is 1.86. The Bertz CT molecular complexity index is 459. The second-order valence-electron chi connectivity index (χ2n) is 5.68. The predicted molar refractivity (Wildman–Crippen MR) is 71.9 cm³/mol. The number of carboxylic acid groups (broad SMARTS) is 1. The van der Waals surface area contributed by atoms with Gasteiger partial charge in [-0.05, 0) is 38.1 Å². The molecule has 2 rings (SSSR count). The lowest BCUT2D eigenvalue weighted by Crippen LogP contribution is -2.62. The van der Waals surface area contributed by atoms with Crippen molar-refractivity contribution in [2.45, 2.75) is 31.8 Å². The van der Waals surface area contributed by atoms with Crippen LogP contribution in [0, 0.1) is 5.82 Å². The van der Waals surface area contributed by atoms with Crippen LogP contribution in [0.15, 0.2) is 24.3 Å². The molecule has 19 heavy (non-hydrogen) atoms. The molecule has 2 N–H and O–H groups in total. The van der Waals surface area contributed by atoms with Crippen LogP contribution in [0.25, 0.3) is 0 Å². The van der Waals surface area contributed by atoms with Crippen LogP contribution in [0.4, 0.5) is 10.1 Å². The van der Waals surface area contributed by atoms with E-state index in [2.05, 4.69) is 10.2 Å². The third-order valence-corrected chi connectivity index (χ3v) is 3.23. The van der Waals surface area contributed by atoms with Gasteiger partial charge in [0.05, 0.1) is 6.42 Å². The topological polar surface area (TPSA) is 52.6 Å². The summed E-state index contributed by atoms with van der Waals surface area (Å²) in [6.45, 7) is 5.45. The zero-order valence-electron chi connectivity index (χ0n) is 11.2. The van der Waals surface area contributed by atoms with Gasteiger partial charge >= 0.3 is 5.97 Å². The van der Waals surface area contributed by atoms with Crippen LogP contribution in [0.3, 0.4) is 0 Å². The van der Waals surface area contributed by atoms with Gasteiger partial charge in [0.2, 0.25) is 0 Å². The van der Waals surface area contributed by atoms with Gasteiger partial charge in [-0.3, -0.25) is 4.79 Å². The molecule has 4 nitrogen and oxygen atoms in total. The Morgan fingerprint density at radius 2 is 2.11 bits per heavy atom. The number of carboxylic acids is 1. The molecule has 1 aromatic carbocycles. The van der Waals surface area contributed by atoms with Crippen molar-refractivity contribution in [1.82, 2.24) is 5.32 Å². The highest BCUT2D eigenvalue weighted by atomic mass is 19.1. The molecule has 1 aromatic rings. The normalized spacial score (nSPS) is 22.3. The third kappa shape index (κ3) is 3.67. The average molecular weight is 266 g/mol. The van der Waals surface area contributed by atoms with Crippen molar-refractivity contribution >= 4 is 11.7 Å². The van der Waals surface area contributed by atoms with E-state index in [0.29, 0.717) is 6.54 Å². The third-order valence-electron chi connectivity index (χ3n) is 3.23. The summed E-state index contributed by atoms with van der Waals surface area (Å²) < 4.78 is 12.9. The molecule has 1 aliphatic rings. The van der Waals surface area contributed by atoms with Crippen LogP contribution in [0.2, 0.25) is 0 Å². The number of carbonyl (C=O) groups is 1. The van der Waals surface area contributed by atoms with E-state index in [0.717, 1.165) is 12.2 Å². The summed E-state index contributed by atoms with van der Waals surface area (Å²) in [5.41, 5.74) is 0.749. The van der Waals surface area contributed by atoms with Crippen LogP contribution in [0.5, 0.6) is 0 Å². The van der Waals surface area contributed by atoms with E-state index in [1.807, 2.05) is 13.8 Å². The first-order valence-corrected chi connectivity index (χ1v) is 6.36. The maximum atomic E-state index is 12.9. The fourth-order valence-electron chi connectivity index (χ4n) is 2.63. The fourth-order valence-corrected chi connectivity index (χ4v) is 2.63. The highest BCUT2D eigenvalue weighted by molar-refractivity contribution is 5.67. The largest absolute Gasteiger partial charge is 0.481 e. The Labute approximate surface area is 112 Å². The summed E-state index contributed by atoms with van der Waals surface area (Å²) in [5.74, 6) is -1.07. The second kappa shape index (κ2) is 5.17. The Balaban J connectivity index is 2.15. The van der Waals surface area contributed by atoms with Crippen molar-refractivity contribution in [3.63, 3.8) is 0 Å². The van der Waals surface area contributed by atoms with Gasteiger partial charge in [0.15, 0.2) is 0 Å². The lowest BCUT2D eigenvalue weighted by atomic mass is 9.96. The number of piperazine rings is 1. The first-order valence-electron chi connectivity index (χ1n) is 6.36. The number of anilines is 1. The minimum atomic E-state index is -0.811. The highest BCUT2D eigenvalue weighted by Gasteiger charge is 2.32. The maximum absolute atomic E-state index is 12.9. The Kier molecular flexibility index (Phi) is 3.75. The van der Waals surface area contributed by atoms with Crippen molar-refractivity contribution in [3.05, 3.63) is 30.1 Å². The van der Waals surface area contributed by atoms with E-state index in [9.17, 15) is 9.18 Å². The molecule has 5 heteroatoms. The lowest BCUT2D eigenvalue weighted by molar-refractivity contribution is -0.137. The molecular formula is C14H19FN2O2. The molecule has 0 spiro atoms. The number of benzene rings is 1. The summed E-state index contributed by atoms with van der Waals surface area (Å²) in [6.07, 6.45) is 0.0844. The van der Waals surface area contributed by atoms with Gasteiger partial charge in [-0.2, -0.15) is 0 Å². The molecule has 104 valence electrons. The quantitative estimate of drug-likeness (QED) is 0.876. The SMILES string of the molecule is CC1(C)CN(c2ccc(F)cc2)CC(CC(=O)O)N1. The zero-order chi connectivity index (χ0) is 14.0. The minimum absolute atomic E-state index is 0.0844. The van der Waals surface area contributed by atoms with Crippen molar-refractivity contribution in [2.75, 3.05) is 18.0 Å². The van der Waals surface area contributed by atoms with E-state index in [-0.39, 0.29) is 23.8 Å². The molecule has 0 amide bonds. The van der Waals surface area contributed by atoms with Crippen LogP contribution in [-0.4, -0.2) is 35.7 Å². The Morgan fingerprint density at radius 1 is 1.47 bits per heavy atom. The maximum Gasteiger partial charge on any atom is 0.304 e. The van der Waals surface area contributed by atoms with Gasteiger partial charge in [0.1, 0.15) is 5.82 Å². The van der Waals surface area contributed by atoms with E-state index in [1.165, 1.54) is 12.1 Å². The fraction of sp³-hybridized carbons (Fsp3) is 0.500. The number of aliphatic carboxylic acids is 1. The molecule has 0 aliphatic carbocycles. The van der Waals surface area contributed by atoms with Crippen molar-refractivity contribution in [3.8, 4) is 0 Å². The molecule has 0 bridgehead atoms. The zero-order valence-corrected chi connectivity index (χ0v) is 11.2. The van der Waals surface area contributed by atoms with E-state index >= 15 is 0 Å². The highest BCUT2D eigenvalue weighted by Crippen LogP contribution is 2.23. The van der Waals surface area contributed by atoms with Crippen molar-refractivity contribution in [2.24, 2.45) is 0 Å². The standard InChI is InChI=1S/C14H19FN2O2/c1-14(2)9-17(8-11(16-14)7-13(18)19)12-5-3-10(15)4-6-12/h3-6,11,16H,7-9H2,1-2H3,(H,18,19). The first kappa shape index (κ1) is 13.8. The first-order chi connectivity index (χ1) is 8.85. The number of hydrogen-bond donors (Lipinski definition) is 2. The monoisotopic (exact) mass is 266 g/mol. The molecule has 0 radical (unpaired) electrons. The van der Waals surface area contributed by atoms with Gasteiger partial charge in [-0.15, -0.1) is 0 Å². The van der Waals surface area contributed by atoms with Crippen molar-refractivity contribution in [1.29, 1.82) is 0 Å². The summed E-state index contributed by atoms with van der Waals surface area (Å²) in [7, 11) is 0. The summed E-state index contributed by atoms with van der Waals surface area (Å²) in [5, 5.41) is 12.3. The van der Waals surface area contributed by atoms with E-state index < -0.39 is 5.97 Å². The molecule has 1 saturated heterocycles. The van der Waals surface area contributed by atoms with Gasteiger partial charge in [-0.1, -0.05) is 0 Å². The van der Waals surface area contributed by atoms with Crippen LogP contribution >= 0.6 is 0 Å². The van der Waals surface area contributed by atoms with Crippen molar-refractivity contribution < 1.29 is 14.3 Å². The van der Waals surface area contributed by atoms with E-state index in [1.54, 1.807) is 12.1 Å². The summed E-state index contributed by atoms with van der Waals surface area (Å²) in [4.78, 5) is 13.0. The van der Waals surface area contributed by atoms with Gasteiger partial charge in [-0.25, -0.2) is 4.39 Å². The lowest BCUT2D eigenvalue weighted by Gasteiger charge is -2.44. The average Bonchev–Trinajstić information content (AvgIpc) is 2.26. The second-order valence-corrected chi connectivity index (χ2v) is 5.68. The summed E-state index contributed by atoms with van der Waals surface area (Å²) >= 11 is 0. The van der Waals surface area contributed by atoms with E-state index in [4.69, 9.17) is 5.11 Å². The summed E-state index contributed by atoms with van der Waals surface area (Å²) in [6, 6.07) is 6.21. The number of rotatable bonds is 3. The number of hydrogen-bond acceptors (Lipinski definition) is 3. The van der Waals surface area contributed by atoms with Crippen LogP contribution < -0.4 is 10.2 Å². The molecule has 1 atom stereocenters. The molecule has 0 saturated carbocycles. The van der Waals surface area contributed by atoms with Gasteiger partial charge < -0.3 is 15.3 Å². The van der Waals surface area contributed by atoms with Gasteiger partial charge in [0.25, 0.3) is 0 Å². The smallest absolute Gasteiger partial charge is 0.304 e. The molecule has 1 aliphatic heterocycles. The van der Waals surface area contributed by atoms with Crippen LogP contribution in [-0.2, 0) is 4.79 Å². The molecular weight excluding hydrogens is 247 g/mol.